The number of aliphatic hydroxyl groups is 1. The minimum absolute atomic E-state index is 0.205. The molecule has 1 unspecified atom stereocenters. The fourth-order valence-electron chi connectivity index (χ4n) is 3.32. The van der Waals surface area contributed by atoms with E-state index >= 15 is 0 Å². The second-order valence-electron chi connectivity index (χ2n) is 7.19. The highest BCUT2D eigenvalue weighted by atomic mass is 19.3. The first-order chi connectivity index (χ1) is 14.2. The van der Waals surface area contributed by atoms with E-state index in [0.717, 1.165) is 5.56 Å². The number of halogens is 2. The van der Waals surface area contributed by atoms with E-state index in [2.05, 4.69) is 10.3 Å². The SMILES string of the molecule is Cc1cc(C(C)N2Cc3c(ccnc3NC(=O)[C@@H](C)O)C2=O)ccc1OCC(F)F. The highest BCUT2D eigenvalue weighted by Gasteiger charge is 2.34. The third-order valence-corrected chi connectivity index (χ3v) is 5.01. The molecule has 0 aliphatic carbocycles. The number of hydrogen-bond donors (Lipinski definition) is 2. The summed E-state index contributed by atoms with van der Waals surface area (Å²) in [5.74, 6) is -0.198. The van der Waals surface area contributed by atoms with Crippen molar-refractivity contribution in [2.45, 2.75) is 45.9 Å². The zero-order valence-electron chi connectivity index (χ0n) is 16.9. The minimum atomic E-state index is -2.55. The monoisotopic (exact) mass is 419 g/mol. The van der Waals surface area contributed by atoms with Gasteiger partial charge in [0.15, 0.2) is 0 Å². The van der Waals surface area contributed by atoms with Gasteiger partial charge in [-0.2, -0.15) is 0 Å². The number of nitrogens with one attached hydrogen (secondary N) is 1. The predicted octanol–water partition coefficient (Wildman–Crippen LogP) is 3.07. The Morgan fingerprint density at radius 2 is 2.07 bits per heavy atom. The van der Waals surface area contributed by atoms with Crippen LogP contribution in [0.3, 0.4) is 0 Å². The van der Waals surface area contributed by atoms with E-state index < -0.39 is 25.0 Å². The third-order valence-electron chi connectivity index (χ3n) is 5.01. The maximum atomic E-state index is 12.9. The zero-order chi connectivity index (χ0) is 22.0. The first-order valence-corrected chi connectivity index (χ1v) is 9.48. The first kappa shape index (κ1) is 21.6. The number of amides is 2. The summed E-state index contributed by atoms with van der Waals surface area (Å²) in [7, 11) is 0. The van der Waals surface area contributed by atoms with Gasteiger partial charge in [0.25, 0.3) is 18.2 Å². The molecule has 0 fully saturated rings. The van der Waals surface area contributed by atoms with E-state index in [4.69, 9.17) is 4.74 Å². The molecular formula is C21H23F2N3O4. The van der Waals surface area contributed by atoms with Crippen LogP contribution in [0, 0.1) is 6.92 Å². The van der Waals surface area contributed by atoms with Crippen molar-refractivity contribution in [3.63, 3.8) is 0 Å². The van der Waals surface area contributed by atoms with E-state index in [0.29, 0.717) is 22.4 Å². The van der Waals surface area contributed by atoms with Crippen LogP contribution in [0.5, 0.6) is 5.75 Å². The standard InChI is InChI=1S/C21H23F2N3O4/c1-11-8-14(4-5-17(11)30-10-18(22)23)12(2)26-9-16-15(21(26)29)6-7-24-19(16)25-20(28)13(3)27/h4-8,12-13,18,27H,9-10H2,1-3H3,(H,24,25,28)/t12?,13-/m1/s1. The Morgan fingerprint density at radius 1 is 1.33 bits per heavy atom. The van der Waals surface area contributed by atoms with Gasteiger partial charge in [-0.25, -0.2) is 13.8 Å². The topological polar surface area (TPSA) is 91.8 Å². The third kappa shape index (κ3) is 4.40. The Labute approximate surface area is 172 Å². The lowest BCUT2D eigenvalue weighted by Crippen LogP contribution is -2.27. The molecule has 0 saturated carbocycles. The van der Waals surface area contributed by atoms with Gasteiger partial charge in [0.1, 0.15) is 24.3 Å². The number of aromatic nitrogens is 1. The van der Waals surface area contributed by atoms with E-state index in [1.807, 2.05) is 6.92 Å². The summed E-state index contributed by atoms with van der Waals surface area (Å²) < 4.78 is 29.9. The number of rotatable bonds is 7. The van der Waals surface area contributed by atoms with E-state index in [1.165, 1.54) is 13.1 Å². The predicted molar refractivity (Wildman–Crippen MR) is 106 cm³/mol. The number of anilines is 1. The second kappa shape index (κ2) is 8.74. The number of pyridine rings is 1. The molecule has 7 nitrogen and oxygen atoms in total. The molecule has 3 rings (SSSR count). The number of nitrogens with zero attached hydrogens (tertiary/aromatic N) is 2. The lowest BCUT2D eigenvalue weighted by Gasteiger charge is -2.25. The van der Waals surface area contributed by atoms with Crippen molar-refractivity contribution < 1.29 is 28.2 Å². The molecule has 2 amide bonds. The van der Waals surface area contributed by atoms with Crippen LogP contribution in [0.1, 0.15) is 46.9 Å². The van der Waals surface area contributed by atoms with Crippen LogP contribution in [0.15, 0.2) is 30.5 Å². The molecule has 1 aromatic carbocycles. The number of aryl methyl sites for hydroxylation is 1. The van der Waals surface area contributed by atoms with Crippen LogP contribution in [0.25, 0.3) is 0 Å². The quantitative estimate of drug-likeness (QED) is 0.720. The average molecular weight is 419 g/mol. The molecule has 1 aliphatic rings. The van der Waals surface area contributed by atoms with Gasteiger partial charge in [-0.05, 0) is 44.0 Å². The molecule has 2 N–H and O–H groups in total. The lowest BCUT2D eigenvalue weighted by atomic mass is 10.0. The van der Waals surface area contributed by atoms with E-state index in [9.17, 15) is 23.5 Å². The largest absolute Gasteiger partial charge is 0.487 e. The Balaban J connectivity index is 1.80. The van der Waals surface area contributed by atoms with Crippen molar-refractivity contribution in [1.82, 2.24) is 9.88 Å². The normalized spacial score (nSPS) is 15.2. The van der Waals surface area contributed by atoms with Crippen molar-refractivity contribution in [3.05, 3.63) is 52.7 Å². The molecule has 30 heavy (non-hydrogen) atoms. The van der Waals surface area contributed by atoms with Gasteiger partial charge in [0.05, 0.1) is 12.6 Å². The fraction of sp³-hybridized carbons (Fsp3) is 0.381. The Kier molecular flexibility index (Phi) is 6.31. The van der Waals surface area contributed by atoms with Gasteiger partial charge in [0.2, 0.25) is 0 Å². The van der Waals surface area contributed by atoms with Crippen LogP contribution in [0.2, 0.25) is 0 Å². The molecule has 2 atom stereocenters. The van der Waals surface area contributed by atoms with Crippen LogP contribution < -0.4 is 10.1 Å². The maximum absolute atomic E-state index is 12.9. The number of aliphatic hydroxyl groups excluding tert-OH is 1. The minimum Gasteiger partial charge on any atom is -0.487 e. The summed E-state index contributed by atoms with van der Waals surface area (Å²) in [4.78, 5) is 30.5. The molecule has 1 aromatic heterocycles. The Bertz CT molecular complexity index is 965. The number of alkyl halides is 2. The number of carbonyl (C=O) groups excluding carboxylic acids is 2. The Hall–Kier alpha value is -3.07. The van der Waals surface area contributed by atoms with Crippen molar-refractivity contribution in [1.29, 1.82) is 0 Å². The molecule has 2 heterocycles. The highest BCUT2D eigenvalue weighted by Crippen LogP contribution is 2.35. The van der Waals surface area contributed by atoms with Gasteiger partial charge < -0.3 is 20.1 Å². The summed E-state index contributed by atoms with van der Waals surface area (Å²) >= 11 is 0. The fourth-order valence-corrected chi connectivity index (χ4v) is 3.32. The molecule has 9 heteroatoms. The molecule has 2 aromatic rings. The van der Waals surface area contributed by atoms with E-state index in [-0.39, 0.29) is 24.3 Å². The molecule has 0 bridgehead atoms. The smallest absolute Gasteiger partial charge is 0.272 e. The van der Waals surface area contributed by atoms with Gasteiger partial charge in [-0.15, -0.1) is 0 Å². The number of ether oxygens (including phenoxy) is 1. The molecule has 0 radical (unpaired) electrons. The summed E-state index contributed by atoms with van der Waals surface area (Å²) in [6, 6.07) is 6.44. The Morgan fingerprint density at radius 3 is 2.70 bits per heavy atom. The van der Waals surface area contributed by atoms with Gasteiger partial charge >= 0.3 is 0 Å². The van der Waals surface area contributed by atoms with E-state index in [1.54, 1.807) is 36.1 Å². The summed E-state index contributed by atoms with van der Waals surface area (Å²) in [6.07, 6.45) is -2.33. The van der Waals surface area contributed by atoms with Gasteiger partial charge in [-0.1, -0.05) is 12.1 Å². The lowest BCUT2D eigenvalue weighted by molar-refractivity contribution is -0.123. The van der Waals surface area contributed by atoms with Crippen molar-refractivity contribution >= 4 is 17.6 Å². The van der Waals surface area contributed by atoms with Gasteiger partial charge in [-0.3, -0.25) is 9.59 Å². The number of hydrogen-bond acceptors (Lipinski definition) is 5. The van der Waals surface area contributed by atoms with Crippen molar-refractivity contribution in [3.8, 4) is 5.75 Å². The molecule has 0 saturated heterocycles. The second-order valence-corrected chi connectivity index (χ2v) is 7.19. The van der Waals surface area contributed by atoms with Crippen molar-refractivity contribution in [2.75, 3.05) is 11.9 Å². The maximum Gasteiger partial charge on any atom is 0.272 e. The van der Waals surface area contributed by atoms with Crippen LogP contribution in [-0.4, -0.2) is 45.9 Å². The van der Waals surface area contributed by atoms with Gasteiger partial charge in [0, 0.05) is 17.3 Å². The summed E-state index contributed by atoms with van der Waals surface area (Å²) in [5.41, 5.74) is 2.53. The zero-order valence-corrected chi connectivity index (χ0v) is 16.9. The molecule has 0 spiro atoms. The van der Waals surface area contributed by atoms with Crippen LogP contribution in [0.4, 0.5) is 14.6 Å². The highest BCUT2D eigenvalue weighted by molar-refractivity contribution is 6.02. The number of carbonyl (C=O) groups is 2. The van der Waals surface area contributed by atoms with Crippen LogP contribution in [-0.2, 0) is 11.3 Å². The number of benzene rings is 1. The molecular weight excluding hydrogens is 396 g/mol. The van der Waals surface area contributed by atoms with Crippen LogP contribution >= 0.6 is 0 Å². The summed E-state index contributed by atoms with van der Waals surface area (Å²) in [6.45, 7) is 4.52. The van der Waals surface area contributed by atoms with Crippen molar-refractivity contribution in [2.24, 2.45) is 0 Å². The average Bonchev–Trinajstić information content (AvgIpc) is 3.04. The molecule has 160 valence electrons. The molecule has 1 aliphatic heterocycles. The summed E-state index contributed by atoms with van der Waals surface area (Å²) in [5, 5.41) is 12.0. The number of fused-ring (bicyclic) bond motifs is 1. The first-order valence-electron chi connectivity index (χ1n) is 9.48.